The second-order valence-corrected chi connectivity index (χ2v) is 6.57. The molecule has 0 atom stereocenters. The smallest absolute Gasteiger partial charge is 0.240 e. The van der Waals surface area contributed by atoms with E-state index in [2.05, 4.69) is 9.71 Å². The summed E-state index contributed by atoms with van der Waals surface area (Å²) in [6, 6.07) is 8.32. The van der Waals surface area contributed by atoms with Gasteiger partial charge in [0.05, 0.1) is 9.90 Å². The van der Waals surface area contributed by atoms with E-state index < -0.39 is 10.0 Å². The van der Waals surface area contributed by atoms with Crippen LogP contribution in [0.1, 0.15) is 9.88 Å². The number of rotatable bonds is 4. The van der Waals surface area contributed by atoms with Crippen LogP contribution in [0, 0.1) is 6.92 Å². The zero-order chi connectivity index (χ0) is 12.3. The van der Waals surface area contributed by atoms with E-state index in [9.17, 15) is 8.42 Å². The van der Waals surface area contributed by atoms with E-state index in [-0.39, 0.29) is 11.4 Å². The van der Waals surface area contributed by atoms with Crippen molar-refractivity contribution in [2.24, 2.45) is 0 Å². The van der Waals surface area contributed by atoms with Crippen LogP contribution in [-0.4, -0.2) is 13.4 Å². The molecule has 0 aliphatic heterocycles. The van der Waals surface area contributed by atoms with Crippen LogP contribution in [0.3, 0.4) is 0 Å². The Hall–Kier alpha value is -1.24. The van der Waals surface area contributed by atoms with Crippen LogP contribution in [0.15, 0.2) is 41.4 Å². The molecule has 0 spiro atoms. The molecule has 2 aromatic rings. The SMILES string of the molecule is Cc1ncc(CNS(=O)(=O)c2ccccc2)s1. The third-order valence-corrected chi connectivity index (χ3v) is 4.49. The normalized spacial score (nSPS) is 11.6. The highest BCUT2D eigenvalue weighted by Crippen LogP contribution is 2.13. The Kier molecular flexibility index (Phi) is 3.56. The highest BCUT2D eigenvalue weighted by atomic mass is 32.2. The number of thiazole rings is 1. The van der Waals surface area contributed by atoms with Crippen molar-refractivity contribution in [2.75, 3.05) is 0 Å². The zero-order valence-electron chi connectivity index (χ0n) is 9.25. The van der Waals surface area contributed by atoms with Crippen molar-refractivity contribution in [3.63, 3.8) is 0 Å². The fourth-order valence-corrected chi connectivity index (χ4v) is 3.19. The van der Waals surface area contributed by atoms with E-state index >= 15 is 0 Å². The number of benzene rings is 1. The first kappa shape index (κ1) is 12.2. The highest BCUT2D eigenvalue weighted by molar-refractivity contribution is 7.89. The molecule has 0 aliphatic rings. The Balaban J connectivity index is 2.09. The number of nitrogens with zero attached hydrogens (tertiary/aromatic N) is 1. The summed E-state index contributed by atoms with van der Waals surface area (Å²) in [5.74, 6) is 0. The van der Waals surface area contributed by atoms with Gasteiger partial charge in [-0.2, -0.15) is 0 Å². The predicted molar refractivity (Wildman–Crippen MR) is 67.3 cm³/mol. The molecule has 4 nitrogen and oxygen atoms in total. The Morgan fingerprint density at radius 3 is 2.59 bits per heavy atom. The van der Waals surface area contributed by atoms with Gasteiger partial charge < -0.3 is 0 Å². The minimum atomic E-state index is -3.42. The number of hydrogen-bond donors (Lipinski definition) is 1. The minimum Gasteiger partial charge on any atom is -0.250 e. The van der Waals surface area contributed by atoms with Gasteiger partial charge in [0.1, 0.15) is 0 Å². The third kappa shape index (κ3) is 3.12. The first-order valence-corrected chi connectivity index (χ1v) is 7.34. The molecule has 1 aromatic heterocycles. The molecule has 17 heavy (non-hydrogen) atoms. The van der Waals surface area contributed by atoms with Crippen LogP contribution >= 0.6 is 11.3 Å². The number of sulfonamides is 1. The summed E-state index contributed by atoms with van der Waals surface area (Å²) in [5.41, 5.74) is 0. The van der Waals surface area contributed by atoms with Crippen LogP contribution in [0.25, 0.3) is 0 Å². The standard InChI is InChI=1S/C11H12N2O2S2/c1-9-12-7-10(16-9)8-13-17(14,15)11-5-3-2-4-6-11/h2-7,13H,8H2,1H3. The largest absolute Gasteiger partial charge is 0.250 e. The monoisotopic (exact) mass is 268 g/mol. The summed E-state index contributed by atoms with van der Waals surface area (Å²) in [6.45, 7) is 2.17. The third-order valence-electron chi connectivity index (χ3n) is 2.16. The Morgan fingerprint density at radius 1 is 1.29 bits per heavy atom. The second-order valence-electron chi connectivity index (χ2n) is 3.48. The van der Waals surface area contributed by atoms with E-state index in [1.54, 1.807) is 36.5 Å². The van der Waals surface area contributed by atoms with E-state index in [1.807, 2.05) is 6.92 Å². The van der Waals surface area contributed by atoms with Crippen molar-refractivity contribution in [3.8, 4) is 0 Å². The maximum absolute atomic E-state index is 11.9. The van der Waals surface area contributed by atoms with E-state index in [4.69, 9.17) is 0 Å². The van der Waals surface area contributed by atoms with Gasteiger partial charge in [0.25, 0.3) is 0 Å². The van der Waals surface area contributed by atoms with Crippen molar-refractivity contribution in [2.45, 2.75) is 18.4 Å². The average Bonchev–Trinajstić information content (AvgIpc) is 2.74. The van der Waals surface area contributed by atoms with Crippen LogP contribution in [-0.2, 0) is 16.6 Å². The Morgan fingerprint density at radius 2 is 2.00 bits per heavy atom. The first-order valence-electron chi connectivity index (χ1n) is 5.04. The minimum absolute atomic E-state index is 0.279. The maximum Gasteiger partial charge on any atom is 0.240 e. The summed E-state index contributed by atoms with van der Waals surface area (Å²) in [6.07, 6.45) is 1.69. The lowest BCUT2D eigenvalue weighted by molar-refractivity contribution is 0.582. The van der Waals surface area contributed by atoms with Gasteiger partial charge in [-0.3, -0.25) is 0 Å². The molecule has 1 heterocycles. The number of hydrogen-bond acceptors (Lipinski definition) is 4. The fraction of sp³-hybridized carbons (Fsp3) is 0.182. The lowest BCUT2D eigenvalue weighted by Crippen LogP contribution is -2.22. The summed E-state index contributed by atoms with van der Waals surface area (Å²) in [4.78, 5) is 5.26. The van der Waals surface area contributed by atoms with Gasteiger partial charge in [-0.05, 0) is 19.1 Å². The summed E-state index contributed by atoms with van der Waals surface area (Å²) in [7, 11) is -3.42. The fourth-order valence-electron chi connectivity index (χ4n) is 1.34. The predicted octanol–water partition coefficient (Wildman–Crippen LogP) is 1.93. The lowest BCUT2D eigenvalue weighted by atomic mass is 10.4. The molecule has 0 saturated carbocycles. The van der Waals surface area contributed by atoms with Crippen molar-refractivity contribution in [1.29, 1.82) is 0 Å². The van der Waals surface area contributed by atoms with Crippen LogP contribution < -0.4 is 4.72 Å². The second kappa shape index (κ2) is 4.95. The van der Waals surface area contributed by atoms with Gasteiger partial charge in [0.15, 0.2) is 0 Å². The molecule has 0 amide bonds. The Bertz CT molecular complexity index is 591. The molecule has 0 radical (unpaired) electrons. The quantitative estimate of drug-likeness (QED) is 0.921. The zero-order valence-corrected chi connectivity index (χ0v) is 10.9. The molecule has 0 bridgehead atoms. The number of aromatic nitrogens is 1. The van der Waals surface area contributed by atoms with Gasteiger partial charge in [-0.25, -0.2) is 18.1 Å². The van der Waals surface area contributed by atoms with Crippen LogP contribution in [0.5, 0.6) is 0 Å². The lowest BCUT2D eigenvalue weighted by Gasteiger charge is -2.04. The molecule has 2 rings (SSSR count). The molecule has 1 N–H and O–H groups in total. The van der Waals surface area contributed by atoms with Crippen molar-refractivity contribution in [3.05, 3.63) is 46.4 Å². The highest BCUT2D eigenvalue weighted by Gasteiger charge is 2.13. The van der Waals surface area contributed by atoms with Gasteiger partial charge in [-0.1, -0.05) is 18.2 Å². The molecular weight excluding hydrogens is 256 g/mol. The van der Waals surface area contributed by atoms with Gasteiger partial charge in [0, 0.05) is 17.6 Å². The maximum atomic E-state index is 11.9. The van der Waals surface area contributed by atoms with Gasteiger partial charge >= 0.3 is 0 Å². The van der Waals surface area contributed by atoms with Crippen molar-refractivity contribution >= 4 is 21.4 Å². The molecule has 0 unspecified atom stereocenters. The summed E-state index contributed by atoms with van der Waals surface area (Å²) < 4.78 is 26.3. The molecule has 0 saturated heterocycles. The number of aryl methyl sites for hydroxylation is 1. The molecule has 6 heteroatoms. The van der Waals surface area contributed by atoms with Crippen molar-refractivity contribution in [1.82, 2.24) is 9.71 Å². The van der Waals surface area contributed by atoms with E-state index in [0.29, 0.717) is 0 Å². The molecule has 0 fully saturated rings. The van der Waals surface area contributed by atoms with Crippen molar-refractivity contribution < 1.29 is 8.42 Å². The van der Waals surface area contributed by atoms with E-state index in [1.165, 1.54) is 11.3 Å². The topological polar surface area (TPSA) is 59.1 Å². The van der Waals surface area contributed by atoms with Crippen LogP contribution in [0.4, 0.5) is 0 Å². The Labute approximate surface area is 104 Å². The average molecular weight is 268 g/mol. The van der Waals surface area contributed by atoms with Gasteiger partial charge in [0.2, 0.25) is 10.0 Å². The summed E-state index contributed by atoms with van der Waals surface area (Å²) in [5, 5.41) is 0.930. The van der Waals surface area contributed by atoms with Gasteiger partial charge in [-0.15, -0.1) is 11.3 Å². The molecule has 0 aliphatic carbocycles. The molecule has 90 valence electrons. The summed E-state index contributed by atoms with van der Waals surface area (Å²) >= 11 is 1.49. The first-order chi connectivity index (χ1) is 8.08. The molecular formula is C11H12N2O2S2. The molecule has 1 aromatic carbocycles. The number of nitrogens with one attached hydrogen (secondary N) is 1. The van der Waals surface area contributed by atoms with Crippen LogP contribution in [0.2, 0.25) is 0 Å². The van der Waals surface area contributed by atoms with E-state index in [0.717, 1.165) is 9.88 Å².